The van der Waals surface area contributed by atoms with Crippen LogP contribution in [0, 0.1) is 0 Å². The molecule has 1 heterocycles. The summed E-state index contributed by atoms with van der Waals surface area (Å²) in [4.78, 5) is 23.6. The number of methoxy groups -OCH3 is 1. The number of aromatic nitrogens is 3. The molecule has 0 aliphatic rings. The summed E-state index contributed by atoms with van der Waals surface area (Å²) in [6, 6.07) is 13.9. The number of nitrogens with two attached hydrogens (primary N) is 1. The number of rotatable bonds is 6. The average Bonchev–Trinajstić information content (AvgIpc) is 3.07. The van der Waals surface area contributed by atoms with E-state index in [-0.39, 0.29) is 11.7 Å². The standard InChI is InChI=1S/C19H19N5O3S/c1-24-17(14-5-3-4-6-15(14)20)22-23-19(24)28-11-16(25)21-13-9-7-12(8-10-13)18(26)27-2/h3-10H,11,20H2,1-2H3,(H,21,25). The van der Waals surface area contributed by atoms with Crippen LogP contribution in [-0.2, 0) is 16.6 Å². The number of anilines is 2. The molecule has 0 aliphatic carbocycles. The lowest BCUT2D eigenvalue weighted by molar-refractivity contribution is -0.113. The predicted molar refractivity (Wildman–Crippen MR) is 108 cm³/mol. The first-order valence-electron chi connectivity index (χ1n) is 8.35. The van der Waals surface area contributed by atoms with Crippen LogP contribution in [0.4, 0.5) is 11.4 Å². The van der Waals surface area contributed by atoms with Gasteiger partial charge in [0.2, 0.25) is 5.91 Å². The molecule has 3 N–H and O–H groups in total. The van der Waals surface area contributed by atoms with E-state index in [1.165, 1.54) is 18.9 Å². The molecule has 0 bridgehead atoms. The van der Waals surface area contributed by atoms with E-state index in [0.717, 1.165) is 5.56 Å². The van der Waals surface area contributed by atoms with Crippen molar-refractivity contribution in [1.29, 1.82) is 0 Å². The summed E-state index contributed by atoms with van der Waals surface area (Å²) < 4.78 is 6.45. The molecule has 0 fully saturated rings. The summed E-state index contributed by atoms with van der Waals surface area (Å²) in [6.45, 7) is 0. The molecule has 8 nitrogen and oxygen atoms in total. The number of nitrogen functional groups attached to an aromatic ring is 1. The van der Waals surface area contributed by atoms with Crippen LogP contribution in [0.15, 0.2) is 53.7 Å². The van der Waals surface area contributed by atoms with Crippen LogP contribution >= 0.6 is 11.8 Å². The second-order valence-corrected chi connectivity index (χ2v) is 6.80. The van der Waals surface area contributed by atoms with Gasteiger partial charge in [0.1, 0.15) is 0 Å². The quantitative estimate of drug-likeness (QED) is 0.373. The van der Waals surface area contributed by atoms with Crippen LogP contribution < -0.4 is 11.1 Å². The molecule has 3 rings (SSSR count). The van der Waals surface area contributed by atoms with Crippen molar-refractivity contribution in [2.24, 2.45) is 7.05 Å². The summed E-state index contributed by atoms with van der Waals surface area (Å²) in [5.74, 6) is 0.180. The van der Waals surface area contributed by atoms with Gasteiger partial charge in [0.25, 0.3) is 0 Å². The third-order valence-electron chi connectivity index (χ3n) is 3.96. The van der Waals surface area contributed by atoms with Gasteiger partial charge in [-0.25, -0.2) is 4.79 Å². The number of nitrogens with one attached hydrogen (secondary N) is 1. The molecule has 28 heavy (non-hydrogen) atoms. The van der Waals surface area contributed by atoms with Crippen LogP contribution in [0.25, 0.3) is 11.4 Å². The largest absolute Gasteiger partial charge is 0.465 e. The average molecular weight is 397 g/mol. The normalized spacial score (nSPS) is 10.5. The number of ether oxygens (including phenoxy) is 1. The number of amides is 1. The Hall–Kier alpha value is -3.33. The summed E-state index contributed by atoms with van der Waals surface area (Å²) in [5, 5.41) is 11.7. The number of benzene rings is 2. The molecule has 3 aromatic rings. The lowest BCUT2D eigenvalue weighted by Crippen LogP contribution is -2.14. The molecule has 2 aromatic carbocycles. The van der Waals surface area contributed by atoms with E-state index in [1.54, 1.807) is 34.9 Å². The van der Waals surface area contributed by atoms with Gasteiger partial charge in [-0.05, 0) is 36.4 Å². The molecule has 0 aliphatic heterocycles. The minimum absolute atomic E-state index is 0.162. The van der Waals surface area contributed by atoms with Gasteiger partial charge in [-0.1, -0.05) is 23.9 Å². The van der Waals surface area contributed by atoms with Crippen molar-refractivity contribution in [3.05, 3.63) is 54.1 Å². The topological polar surface area (TPSA) is 112 Å². The van der Waals surface area contributed by atoms with E-state index in [9.17, 15) is 9.59 Å². The third kappa shape index (κ3) is 4.32. The first kappa shape index (κ1) is 19.4. The number of carbonyl (C=O) groups excluding carboxylic acids is 2. The van der Waals surface area contributed by atoms with Gasteiger partial charge in [-0.15, -0.1) is 10.2 Å². The number of esters is 1. The molecule has 0 atom stereocenters. The zero-order chi connectivity index (χ0) is 20.1. The zero-order valence-corrected chi connectivity index (χ0v) is 16.2. The summed E-state index contributed by atoms with van der Waals surface area (Å²) in [7, 11) is 3.15. The van der Waals surface area contributed by atoms with Crippen molar-refractivity contribution < 1.29 is 14.3 Å². The van der Waals surface area contributed by atoms with E-state index in [4.69, 9.17) is 5.73 Å². The van der Waals surface area contributed by atoms with Crippen molar-refractivity contribution in [3.63, 3.8) is 0 Å². The summed E-state index contributed by atoms with van der Waals surface area (Å²) in [6.07, 6.45) is 0. The van der Waals surface area contributed by atoms with Gasteiger partial charge in [0, 0.05) is 24.0 Å². The van der Waals surface area contributed by atoms with E-state index in [2.05, 4.69) is 20.3 Å². The van der Waals surface area contributed by atoms with E-state index in [1.807, 2.05) is 25.2 Å². The molecule has 0 unspecified atom stereocenters. The Labute approximate surface area is 166 Å². The SMILES string of the molecule is COC(=O)c1ccc(NC(=O)CSc2nnc(-c3ccccc3N)n2C)cc1. The van der Waals surface area contributed by atoms with Gasteiger partial charge >= 0.3 is 5.97 Å². The Morgan fingerprint density at radius 2 is 1.86 bits per heavy atom. The maximum atomic E-state index is 12.2. The van der Waals surface area contributed by atoms with Crippen LogP contribution in [0.2, 0.25) is 0 Å². The van der Waals surface area contributed by atoms with Gasteiger partial charge in [-0.3, -0.25) is 4.79 Å². The molecule has 0 spiro atoms. The zero-order valence-electron chi connectivity index (χ0n) is 15.4. The molecular formula is C19H19N5O3S. The first-order valence-corrected chi connectivity index (χ1v) is 9.33. The number of carbonyl (C=O) groups is 2. The van der Waals surface area contributed by atoms with Crippen molar-refractivity contribution >= 4 is 35.0 Å². The minimum atomic E-state index is -0.425. The number of thioether (sulfide) groups is 1. The molecule has 0 saturated carbocycles. The van der Waals surface area contributed by atoms with Crippen LogP contribution in [0.5, 0.6) is 0 Å². The first-order chi connectivity index (χ1) is 13.5. The van der Waals surface area contributed by atoms with E-state index in [0.29, 0.717) is 27.9 Å². The van der Waals surface area contributed by atoms with Crippen LogP contribution in [0.3, 0.4) is 0 Å². The molecule has 1 aromatic heterocycles. The monoisotopic (exact) mass is 397 g/mol. The molecule has 144 valence electrons. The predicted octanol–water partition coefficient (Wildman–Crippen LogP) is 2.58. The van der Waals surface area contributed by atoms with Crippen molar-refractivity contribution in [1.82, 2.24) is 14.8 Å². The van der Waals surface area contributed by atoms with Gasteiger partial charge < -0.3 is 20.4 Å². The highest BCUT2D eigenvalue weighted by molar-refractivity contribution is 7.99. The molecule has 0 radical (unpaired) electrons. The maximum Gasteiger partial charge on any atom is 0.337 e. The Balaban J connectivity index is 1.61. The fourth-order valence-corrected chi connectivity index (χ4v) is 3.22. The number of hydrogen-bond donors (Lipinski definition) is 2. The Bertz CT molecular complexity index is 1000. The minimum Gasteiger partial charge on any atom is -0.465 e. The van der Waals surface area contributed by atoms with Gasteiger partial charge in [0.15, 0.2) is 11.0 Å². The lowest BCUT2D eigenvalue weighted by Gasteiger charge is -2.07. The van der Waals surface area contributed by atoms with Gasteiger partial charge in [-0.2, -0.15) is 0 Å². The molecule has 1 amide bonds. The number of nitrogens with zero attached hydrogens (tertiary/aromatic N) is 3. The molecule has 0 saturated heterocycles. The second-order valence-electron chi connectivity index (χ2n) is 5.86. The van der Waals surface area contributed by atoms with Crippen molar-refractivity contribution in [2.45, 2.75) is 5.16 Å². The fraction of sp³-hybridized carbons (Fsp3) is 0.158. The lowest BCUT2D eigenvalue weighted by atomic mass is 10.2. The van der Waals surface area contributed by atoms with E-state index >= 15 is 0 Å². The highest BCUT2D eigenvalue weighted by Crippen LogP contribution is 2.26. The van der Waals surface area contributed by atoms with Crippen LogP contribution in [-0.4, -0.2) is 39.5 Å². The Morgan fingerprint density at radius 1 is 1.14 bits per heavy atom. The second kappa shape index (κ2) is 8.57. The van der Waals surface area contributed by atoms with E-state index < -0.39 is 5.97 Å². The molecular weight excluding hydrogens is 378 g/mol. The Kier molecular flexibility index (Phi) is 5.95. The highest BCUT2D eigenvalue weighted by Gasteiger charge is 2.14. The maximum absolute atomic E-state index is 12.2. The van der Waals surface area contributed by atoms with Crippen molar-refractivity contribution in [2.75, 3.05) is 23.9 Å². The van der Waals surface area contributed by atoms with Gasteiger partial charge in [0.05, 0.1) is 18.4 Å². The third-order valence-corrected chi connectivity index (χ3v) is 4.98. The number of hydrogen-bond acceptors (Lipinski definition) is 7. The summed E-state index contributed by atoms with van der Waals surface area (Å²) in [5.41, 5.74) is 8.41. The van der Waals surface area contributed by atoms with Crippen LogP contribution in [0.1, 0.15) is 10.4 Å². The number of para-hydroxylation sites is 1. The summed E-state index contributed by atoms with van der Waals surface area (Å²) >= 11 is 1.27. The van der Waals surface area contributed by atoms with Crippen molar-refractivity contribution in [3.8, 4) is 11.4 Å². The highest BCUT2D eigenvalue weighted by atomic mass is 32.2. The smallest absolute Gasteiger partial charge is 0.337 e. The Morgan fingerprint density at radius 3 is 2.54 bits per heavy atom. The molecule has 9 heteroatoms. The fourth-order valence-electron chi connectivity index (χ4n) is 2.51.